The molecule has 2 aliphatic heterocycles. The molecule has 0 aliphatic carbocycles. The Morgan fingerprint density at radius 2 is 2.00 bits per heavy atom. The third-order valence-corrected chi connectivity index (χ3v) is 7.60. The molecule has 1 aromatic carbocycles. The van der Waals surface area contributed by atoms with Crippen LogP contribution in [0.4, 0.5) is 11.5 Å². The Bertz CT molecular complexity index is 1420. The van der Waals surface area contributed by atoms with Gasteiger partial charge in [0, 0.05) is 30.7 Å². The van der Waals surface area contributed by atoms with Gasteiger partial charge in [-0.1, -0.05) is 11.6 Å². The van der Waals surface area contributed by atoms with E-state index in [1.54, 1.807) is 15.5 Å². The molecule has 0 radical (unpaired) electrons. The van der Waals surface area contributed by atoms with Crippen LogP contribution in [-0.2, 0) is 10.0 Å². The van der Waals surface area contributed by atoms with Gasteiger partial charge in [-0.3, -0.25) is 9.52 Å². The number of hydrogen-bond donors (Lipinski definition) is 2. The molecule has 5 rings (SSSR count). The molecule has 2 saturated heterocycles. The van der Waals surface area contributed by atoms with E-state index in [-0.39, 0.29) is 29.2 Å². The summed E-state index contributed by atoms with van der Waals surface area (Å²) in [6, 6.07) is 6.49. The number of carbonyl (C=O) groups excluding carboxylic acids is 1. The molecule has 0 unspecified atom stereocenters. The molecule has 3 N–H and O–H groups in total. The van der Waals surface area contributed by atoms with Gasteiger partial charge in [0.05, 0.1) is 35.4 Å². The number of nitrogens with two attached hydrogens (primary N) is 1. The van der Waals surface area contributed by atoms with Crippen molar-refractivity contribution in [2.45, 2.75) is 44.7 Å². The first-order valence-corrected chi connectivity index (χ1v) is 14.3. The summed E-state index contributed by atoms with van der Waals surface area (Å²) in [5.41, 5.74) is 9.01. The number of nitrogens with one attached hydrogen (secondary N) is 1. The summed E-state index contributed by atoms with van der Waals surface area (Å²) in [6.45, 7) is 4.18. The van der Waals surface area contributed by atoms with E-state index in [2.05, 4.69) is 9.62 Å². The lowest BCUT2D eigenvalue weighted by Gasteiger charge is -2.35. The highest BCUT2D eigenvalue weighted by Crippen LogP contribution is 2.34. The van der Waals surface area contributed by atoms with E-state index in [1.165, 1.54) is 12.1 Å². The number of benzene rings is 1. The molecule has 10 nitrogen and oxygen atoms in total. The minimum Gasteiger partial charge on any atom is -0.354 e. The highest BCUT2D eigenvalue weighted by molar-refractivity contribution is 7.92. The second-order valence-electron chi connectivity index (χ2n) is 9.69. The summed E-state index contributed by atoms with van der Waals surface area (Å²) in [5.74, 6) is 0.575. The predicted molar refractivity (Wildman–Crippen MR) is 140 cm³/mol. The van der Waals surface area contributed by atoms with E-state index in [9.17, 15) is 13.2 Å². The quantitative estimate of drug-likeness (QED) is 0.518. The maximum absolute atomic E-state index is 13.7. The van der Waals surface area contributed by atoms with Gasteiger partial charge in [0.1, 0.15) is 5.82 Å². The van der Waals surface area contributed by atoms with Gasteiger partial charge in [-0.05, 0) is 62.4 Å². The number of aromatic nitrogens is 3. The van der Waals surface area contributed by atoms with Gasteiger partial charge in [-0.15, -0.1) is 5.10 Å². The van der Waals surface area contributed by atoms with E-state index in [4.69, 9.17) is 27.4 Å². The molecule has 0 saturated carbocycles. The molecule has 2 aliphatic rings. The minimum absolute atomic E-state index is 0.150. The first-order valence-electron chi connectivity index (χ1n) is 12.0. The van der Waals surface area contributed by atoms with Crippen LogP contribution in [0.5, 0.6) is 0 Å². The van der Waals surface area contributed by atoms with Crippen molar-refractivity contribution in [2.75, 3.05) is 35.5 Å². The van der Waals surface area contributed by atoms with Crippen LogP contribution in [0.1, 0.15) is 53.3 Å². The number of nitrogens with zero attached hydrogens (tertiary/aromatic N) is 5. The Morgan fingerprint density at radius 1 is 1.19 bits per heavy atom. The van der Waals surface area contributed by atoms with Gasteiger partial charge >= 0.3 is 0 Å². The van der Waals surface area contributed by atoms with Crippen LogP contribution in [0.25, 0.3) is 5.65 Å². The topological polar surface area (TPSA) is 126 Å². The molecule has 12 heteroatoms. The second kappa shape index (κ2) is 9.53. The third kappa shape index (κ3) is 5.00. The Hall–Kier alpha value is -2.89. The summed E-state index contributed by atoms with van der Waals surface area (Å²) in [4.78, 5) is 22.6. The third-order valence-electron chi connectivity index (χ3n) is 6.78. The Labute approximate surface area is 215 Å². The number of likely N-dealkylation sites (tertiary alicyclic amines) is 1. The molecule has 36 heavy (non-hydrogen) atoms. The Balaban J connectivity index is 1.49. The smallest absolute Gasteiger partial charge is 0.256 e. The van der Waals surface area contributed by atoms with Crippen LogP contribution in [0.2, 0.25) is 5.02 Å². The zero-order valence-corrected chi connectivity index (χ0v) is 21.9. The number of anilines is 2. The standard InChI is InChI=1S/C24H30ClN7O3S/c1-15-11-22(30-10-8-17(26)13-30)28-32-14-20(27-23(15)32)21-5-3-4-9-31(21)24(33)18-12-16(25)6-7-19(18)29-36(2,34)35/h6-7,11-12,14,17,21,29H,3-5,8-10,13,26H2,1-2H3/t17-,21-/m0/s1. The van der Waals surface area contributed by atoms with Crippen molar-refractivity contribution in [1.29, 1.82) is 0 Å². The molecule has 0 bridgehead atoms. The van der Waals surface area contributed by atoms with Crippen molar-refractivity contribution in [1.82, 2.24) is 19.5 Å². The SMILES string of the molecule is Cc1cc(N2CC[C@H](N)C2)nn2cc([C@@H]3CCCCN3C(=O)c3cc(Cl)ccc3NS(C)(=O)=O)nc12. The van der Waals surface area contributed by atoms with Crippen LogP contribution >= 0.6 is 11.6 Å². The Morgan fingerprint density at radius 3 is 2.72 bits per heavy atom. The van der Waals surface area contributed by atoms with Gasteiger partial charge in [0.25, 0.3) is 5.91 Å². The van der Waals surface area contributed by atoms with E-state index < -0.39 is 10.0 Å². The largest absolute Gasteiger partial charge is 0.354 e. The van der Waals surface area contributed by atoms with E-state index in [0.29, 0.717) is 11.6 Å². The maximum atomic E-state index is 13.7. The number of carbonyl (C=O) groups is 1. The molecule has 3 aromatic rings. The van der Waals surface area contributed by atoms with Gasteiger partial charge < -0.3 is 15.5 Å². The fourth-order valence-corrected chi connectivity index (χ4v) is 5.81. The monoisotopic (exact) mass is 531 g/mol. The average Bonchev–Trinajstić information content (AvgIpc) is 3.45. The normalized spacial score (nSPS) is 20.8. The molecular formula is C24H30ClN7O3S. The van der Waals surface area contributed by atoms with Crippen LogP contribution in [0.15, 0.2) is 30.5 Å². The molecule has 4 heterocycles. The van der Waals surface area contributed by atoms with Crippen LogP contribution in [-0.4, -0.2) is 65.8 Å². The summed E-state index contributed by atoms with van der Waals surface area (Å²) >= 11 is 6.19. The molecule has 2 fully saturated rings. The lowest BCUT2D eigenvalue weighted by Crippen LogP contribution is -2.39. The molecule has 2 atom stereocenters. The van der Waals surface area contributed by atoms with Crippen molar-refractivity contribution >= 4 is 44.7 Å². The molecule has 0 spiro atoms. The summed E-state index contributed by atoms with van der Waals surface area (Å²) in [6.07, 6.45) is 6.43. The number of sulfonamides is 1. The van der Waals surface area contributed by atoms with Crippen molar-refractivity contribution < 1.29 is 13.2 Å². The van der Waals surface area contributed by atoms with Crippen molar-refractivity contribution in [2.24, 2.45) is 5.73 Å². The zero-order chi connectivity index (χ0) is 25.6. The van der Waals surface area contributed by atoms with Crippen molar-refractivity contribution in [3.63, 3.8) is 0 Å². The molecule has 2 aromatic heterocycles. The zero-order valence-electron chi connectivity index (χ0n) is 20.3. The van der Waals surface area contributed by atoms with Crippen LogP contribution in [0.3, 0.4) is 0 Å². The van der Waals surface area contributed by atoms with Gasteiger partial charge in [0.2, 0.25) is 10.0 Å². The summed E-state index contributed by atoms with van der Waals surface area (Å²) in [7, 11) is -3.58. The number of amides is 1. The fourth-order valence-electron chi connectivity index (χ4n) is 5.06. The minimum atomic E-state index is -3.58. The maximum Gasteiger partial charge on any atom is 0.256 e. The predicted octanol–water partition coefficient (Wildman–Crippen LogP) is 2.97. The van der Waals surface area contributed by atoms with Crippen molar-refractivity contribution in [3.05, 3.63) is 52.3 Å². The average molecular weight is 532 g/mol. The summed E-state index contributed by atoms with van der Waals surface area (Å²) in [5, 5.41) is 5.14. The number of fused-ring (bicyclic) bond motifs is 1. The molecule has 192 valence electrons. The van der Waals surface area contributed by atoms with Gasteiger partial charge in [0.15, 0.2) is 5.65 Å². The van der Waals surface area contributed by atoms with Crippen molar-refractivity contribution in [3.8, 4) is 0 Å². The number of piperidine rings is 1. The number of halogens is 1. The highest BCUT2D eigenvalue weighted by atomic mass is 35.5. The molecule has 1 amide bonds. The van der Waals surface area contributed by atoms with Crippen LogP contribution in [0, 0.1) is 6.92 Å². The number of imidazole rings is 1. The Kier molecular flexibility index (Phi) is 6.56. The van der Waals surface area contributed by atoms with E-state index in [0.717, 1.165) is 67.8 Å². The number of rotatable bonds is 5. The van der Waals surface area contributed by atoms with E-state index in [1.807, 2.05) is 19.2 Å². The first-order chi connectivity index (χ1) is 17.1. The fraction of sp³-hybridized carbons (Fsp3) is 0.458. The van der Waals surface area contributed by atoms with Crippen LogP contribution < -0.4 is 15.4 Å². The lowest BCUT2D eigenvalue weighted by atomic mass is 9.98. The highest BCUT2D eigenvalue weighted by Gasteiger charge is 2.32. The first kappa shape index (κ1) is 24.8. The second-order valence-corrected chi connectivity index (χ2v) is 11.9. The van der Waals surface area contributed by atoms with E-state index >= 15 is 0 Å². The summed E-state index contributed by atoms with van der Waals surface area (Å²) < 4.78 is 28.0. The van der Waals surface area contributed by atoms with Gasteiger partial charge in [-0.25, -0.2) is 17.9 Å². The molecular weight excluding hydrogens is 502 g/mol. The lowest BCUT2D eigenvalue weighted by molar-refractivity contribution is 0.0608. The van der Waals surface area contributed by atoms with Gasteiger partial charge in [-0.2, -0.15) is 0 Å². The number of hydrogen-bond acceptors (Lipinski definition) is 7. The number of aryl methyl sites for hydroxylation is 1.